The molecule has 0 saturated heterocycles. The number of nitrogens with zero attached hydrogens (tertiary/aromatic N) is 3. The van der Waals surface area contributed by atoms with Gasteiger partial charge in [-0.05, 0) is 30.7 Å². The minimum atomic E-state index is -3.84. The highest BCUT2D eigenvalue weighted by molar-refractivity contribution is 7.92. The predicted molar refractivity (Wildman–Crippen MR) is 89.3 cm³/mol. The Bertz CT molecular complexity index is 1000. The lowest BCUT2D eigenvalue weighted by atomic mass is 10.2. The molecule has 1 N–H and O–H groups in total. The molecule has 0 aliphatic rings. The van der Waals surface area contributed by atoms with Crippen LogP contribution in [0, 0.1) is 13.8 Å². The number of para-hydroxylation sites is 1. The van der Waals surface area contributed by atoms with E-state index in [1.54, 1.807) is 38.1 Å². The Kier molecular flexibility index (Phi) is 4.25. The zero-order chi connectivity index (χ0) is 17.3. The summed E-state index contributed by atoms with van der Waals surface area (Å²) in [5.41, 5.74) is 1.38. The van der Waals surface area contributed by atoms with Crippen molar-refractivity contribution in [3.63, 3.8) is 0 Å². The first-order valence-electron chi connectivity index (χ1n) is 6.91. The van der Waals surface area contributed by atoms with E-state index >= 15 is 0 Å². The Morgan fingerprint density at radius 2 is 1.92 bits per heavy atom. The van der Waals surface area contributed by atoms with E-state index in [-0.39, 0.29) is 15.9 Å². The fourth-order valence-electron chi connectivity index (χ4n) is 2.05. The maximum absolute atomic E-state index is 12.6. The highest BCUT2D eigenvalue weighted by atomic mass is 35.5. The monoisotopic (exact) mass is 364 g/mol. The zero-order valence-electron chi connectivity index (χ0n) is 12.8. The Labute approximate surface area is 143 Å². The second-order valence-corrected chi connectivity index (χ2v) is 7.10. The lowest BCUT2D eigenvalue weighted by molar-refractivity contribution is 0.533. The summed E-state index contributed by atoms with van der Waals surface area (Å²) in [5, 5.41) is 7.95. The van der Waals surface area contributed by atoms with Crippen molar-refractivity contribution < 1.29 is 12.8 Å². The van der Waals surface area contributed by atoms with Crippen molar-refractivity contribution in [2.45, 2.75) is 18.7 Å². The molecule has 0 radical (unpaired) electrons. The van der Waals surface area contributed by atoms with E-state index in [0.717, 1.165) is 0 Å². The normalized spacial score (nSPS) is 11.5. The standard InChI is InChI=1S/C15H13ClN4O3S/c1-9-7-11(8-17-14(9)16)24(21,22)20-13-6-4-3-5-12(13)15-19-18-10(2)23-15/h3-8,20H,1-2H3. The first-order chi connectivity index (χ1) is 11.4. The predicted octanol–water partition coefficient (Wildman–Crippen LogP) is 3.20. The number of halogens is 1. The summed E-state index contributed by atoms with van der Waals surface area (Å²) in [6, 6.07) is 8.21. The van der Waals surface area contributed by atoms with Crippen LogP contribution in [-0.4, -0.2) is 23.6 Å². The Morgan fingerprint density at radius 3 is 2.58 bits per heavy atom. The molecule has 9 heteroatoms. The summed E-state index contributed by atoms with van der Waals surface area (Å²) >= 11 is 5.84. The number of sulfonamides is 1. The van der Waals surface area contributed by atoms with Gasteiger partial charge in [0.05, 0.1) is 11.3 Å². The van der Waals surface area contributed by atoms with Gasteiger partial charge in [-0.3, -0.25) is 4.72 Å². The average Bonchev–Trinajstić information content (AvgIpc) is 2.96. The molecule has 0 aliphatic carbocycles. The first-order valence-corrected chi connectivity index (χ1v) is 8.77. The summed E-state index contributed by atoms with van der Waals surface area (Å²) in [5.74, 6) is 0.622. The van der Waals surface area contributed by atoms with Gasteiger partial charge < -0.3 is 4.42 Å². The molecule has 0 unspecified atom stereocenters. The van der Waals surface area contributed by atoms with Crippen molar-refractivity contribution in [1.82, 2.24) is 15.2 Å². The number of nitrogens with one attached hydrogen (secondary N) is 1. The van der Waals surface area contributed by atoms with Gasteiger partial charge in [0.1, 0.15) is 10.0 Å². The molecule has 24 heavy (non-hydrogen) atoms. The summed E-state index contributed by atoms with van der Waals surface area (Å²) in [6.45, 7) is 3.34. The van der Waals surface area contributed by atoms with Crippen molar-refractivity contribution in [3.05, 3.63) is 53.1 Å². The van der Waals surface area contributed by atoms with Crippen LogP contribution in [0.1, 0.15) is 11.5 Å². The summed E-state index contributed by atoms with van der Waals surface area (Å²) in [6.07, 6.45) is 1.21. The van der Waals surface area contributed by atoms with E-state index in [0.29, 0.717) is 22.7 Å². The average molecular weight is 365 g/mol. The van der Waals surface area contributed by atoms with Gasteiger partial charge in [0.25, 0.3) is 10.0 Å². The second kappa shape index (κ2) is 6.21. The molecule has 0 bridgehead atoms. The van der Waals surface area contributed by atoms with Crippen molar-refractivity contribution in [1.29, 1.82) is 0 Å². The number of aromatic nitrogens is 3. The van der Waals surface area contributed by atoms with E-state index in [2.05, 4.69) is 19.9 Å². The minimum absolute atomic E-state index is 0.0147. The minimum Gasteiger partial charge on any atom is -0.421 e. The molecule has 2 heterocycles. The highest BCUT2D eigenvalue weighted by Crippen LogP contribution is 2.29. The van der Waals surface area contributed by atoms with E-state index in [4.69, 9.17) is 16.0 Å². The van der Waals surface area contributed by atoms with Crippen LogP contribution in [0.25, 0.3) is 11.5 Å². The van der Waals surface area contributed by atoms with Crippen LogP contribution in [0.2, 0.25) is 5.15 Å². The zero-order valence-corrected chi connectivity index (χ0v) is 14.4. The van der Waals surface area contributed by atoms with Crippen molar-refractivity contribution >= 4 is 27.3 Å². The Balaban J connectivity index is 2.00. The molecule has 0 aliphatic heterocycles. The number of hydrogen-bond acceptors (Lipinski definition) is 6. The van der Waals surface area contributed by atoms with Gasteiger partial charge in [-0.15, -0.1) is 10.2 Å². The molecule has 7 nitrogen and oxygen atoms in total. The molecular weight excluding hydrogens is 352 g/mol. The van der Waals surface area contributed by atoms with Crippen LogP contribution in [-0.2, 0) is 10.0 Å². The third-order valence-corrected chi connectivity index (χ3v) is 4.96. The maximum atomic E-state index is 12.6. The van der Waals surface area contributed by atoms with E-state index < -0.39 is 10.0 Å². The van der Waals surface area contributed by atoms with E-state index in [1.807, 2.05) is 0 Å². The molecule has 0 fully saturated rings. The van der Waals surface area contributed by atoms with Crippen LogP contribution in [0.15, 0.2) is 45.8 Å². The summed E-state index contributed by atoms with van der Waals surface area (Å²) in [4.78, 5) is 3.89. The van der Waals surface area contributed by atoms with E-state index in [1.165, 1.54) is 12.3 Å². The van der Waals surface area contributed by atoms with Gasteiger partial charge in [-0.25, -0.2) is 13.4 Å². The molecule has 2 aromatic heterocycles. The number of rotatable bonds is 4. The van der Waals surface area contributed by atoms with Gasteiger partial charge in [0.15, 0.2) is 0 Å². The Morgan fingerprint density at radius 1 is 1.17 bits per heavy atom. The number of hydrogen-bond donors (Lipinski definition) is 1. The molecule has 3 rings (SSSR count). The molecule has 1 aromatic carbocycles. The van der Waals surface area contributed by atoms with Crippen LogP contribution in [0.4, 0.5) is 5.69 Å². The SMILES string of the molecule is Cc1nnc(-c2ccccc2NS(=O)(=O)c2cnc(Cl)c(C)c2)o1. The highest BCUT2D eigenvalue weighted by Gasteiger charge is 2.19. The molecular formula is C15H13ClN4O3S. The quantitative estimate of drug-likeness (QED) is 0.714. The molecule has 124 valence electrons. The van der Waals surface area contributed by atoms with Gasteiger partial charge in [0, 0.05) is 13.1 Å². The fraction of sp³-hybridized carbons (Fsp3) is 0.133. The number of anilines is 1. The third-order valence-electron chi connectivity index (χ3n) is 3.23. The van der Waals surface area contributed by atoms with Gasteiger partial charge in [0.2, 0.25) is 11.8 Å². The van der Waals surface area contributed by atoms with Crippen molar-refractivity contribution in [3.8, 4) is 11.5 Å². The lowest BCUT2D eigenvalue weighted by Gasteiger charge is -2.11. The van der Waals surface area contributed by atoms with Crippen molar-refractivity contribution in [2.75, 3.05) is 4.72 Å². The maximum Gasteiger partial charge on any atom is 0.263 e. The second-order valence-electron chi connectivity index (χ2n) is 5.06. The Hall–Kier alpha value is -2.45. The molecule has 0 atom stereocenters. The van der Waals surface area contributed by atoms with E-state index in [9.17, 15) is 8.42 Å². The number of pyridine rings is 1. The molecule has 0 spiro atoms. The molecule has 3 aromatic rings. The van der Waals surface area contributed by atoms with Gasteiger partial charge in [-0.1, -0.05) is 23.7 Å². The largest absolute Gasteiger partial charge is 0.421 e. The van der Waals surface area contributed by atoms with Gasteiger partial charge >= 0.3 is 0 Å². The topological polar surface area (TPSA) is 98.0 Å². The van der Waals surface area contributed by atoms with Crippen LogP contribution < -0.4 is 4.72 Å². The molecule has 0 saturated carbocycles. The number of aryl methyl sites for hydroxylation is 2. The first kappa shape index (κ1) is 16.4. The van der Waals surface area contributed by atoms with Crippen molar-refractivity contribution in [2.24, 2.45) is 0 Å². The van der Waals surface area contributed by atoms with Crippen LogP contribution in [0.3, 0.4) is 0 Å². The molecule has 0 amide bonds. The van der Waals surface area contributed by atoms with Crippen LogP contribution >= 0.6 is 11.6 Å². The third kappa shape index (κ3) is 3.24. The number of benzene rings is 1. The van der Waals surface area contributed by atoms with Crippen LogP contribution in [0.5, 0.6) is 0 Å². The smallest absolute Gasteiger partial charge is 0.263 e. The summed E-state index contributed by atoms with van der Waals surface area (Å²) in [7, 11) is -3.84. The lowest BCUT2D eigenvalue weighted by Crippen LogP contribution is -2.14. The van der Waals surface area contributed by atoms with Gasteiger partial charge in [-0.2, -0.15) is 0 Å². The fourth-order valence-corrected chi connectivity index (χ4v) is 3.26. The summed E-state index contributed by atoms with van der Waals surface area (Å²) < 4.78 is 33.1.